The summed E-state index contributed by atoms with van der Waals surface area (Å²) in [6.07, 6.45) is -7.68. The third-order valence-corrected chi connectivity index (χ3v) is 5.51. The van der Waals surface area contributed by atoms with Gasteiger partial charge in [0.15, 0.2) is 5.69 Å². The number of carbonyl (C=O) groups excluding carboxylic acids is 2. The average Bonchev–Trinajstić information content (AvgIpc) is 3.21. The molecule has 0 atom stereocenters. The van der Waals surface area contributed by atoms with Crippen LogP contribution in [-0.4, -0.2) is 26.6 Å². The van der Waals surface area contributed by atoms with Crippen LogP contribution in [0.15, 0.2) is 12.1 Å². The number of alkyl halides is 5. The van der Waals surface area contributed by atoms with E-state index in [2.05, 4.69) is 15.4 Å². The number of fused-ring (bicyclic) bond motifs is 1. The third-order valence-electron chi connectivity index (χ3n) is 4.41. The molecule has 2 amide bonds. The van der Waals surface area contributed by atoms with Crippen molar-refractivity contribution in [1.29, 1.82) is 0 Å². The molecule has 3 rings (SSSR count). The minimum Gasteiger partial charge on any atom is -0.365 e. The summed E-state index contributed by atoms with van der Waals surface area (Å²) in [4.78, 5) is 28.1. The number of pyridine rings is 1. The van der Waals surface area contributed by atoms with Crippen molar-refractivity contribution in [2.24, 2.45) is 5.73 Å². The van der Waals surface area contributed by atoms with E-state index in [1.54, 1.807) is 0 Å². The first-order chi connectivity index (χ1) is 14.4. The summed E-state index contributed by atoms with van der Waals surface area (Å²) < 4.78 is 65.4. The van der Waals surface area contributed by atoms with Crippen LogP contribution in [-0.2, 0) is 17.5 Å². The number of primary amides is 1. The molecular weight excluding hydrogens is 445 g/mol. The molecule has 7 nitrogen and oxygen atoms in total. The van der Waals surface area contributed by atoms with Gasteiger partial charge in [0, 0.05) is 24.0 Å². The predicted molar refractivity (Wildman–Crippen MR) is 103 cm³/mol. The van der Waals surface area contributed by atoms with Gasteiger partial charge in [-0.05, 0) is 31.5 Å². The third kappa shape index (κ3) is 4.65. The molecule has 0 aliphatic heterocycles. The molecule has 3 N–H and O–H groups in total. The molecule has 3 heterocycles. The molecule has 0 saturated heterocycles. The summed E-state index contributed by atoms with van der Waals surface area (Å²) in [5, 5.41) is 6.25. The van der Waals surface area contributed by atoms with Gasteiger partial charge in [-0.25, -0.2) is 13.8 Å². The first kappa shape index (κ1) is 22.6. The Morgan fingerprint density at radius 3 is 2.48 bits per heavy atom. The number of nitrogens with two attached hydrogens (primary N) is 1. The molecule has 166 valence electrons. The molecule has 0 bridgehead atoms. The fourth-order valence-electron chi connectivity index (χ4n) is 3.00. The number of carbonyl (C=O) groups is 2. The maximum absolute atomic E-state index is 13.0. The Kier molecular flexibility index (Phi) is 5.98. The summed E-state index contributed by atoms with van der Waals surface area (Å²) in [6, 6.07) is 2.01. The van der Waals surface area contributed by atoms with E-state index in [0.29, 0.717) is 10.9 Å². The number of rotatable bonds is 6. The number of nitrogens with zero attached hydrogens (tertiary/aromatic N) is 3. The van der Waals surface area contributed by atoms with Crippen LogP contribution in [0.3, 0.4) is 0 Å². The number of thiophene rings is 1. The first-order valence-electron chi connectivity index (χ1n) is 8.82. The number of halogens is 5. The van der Waals surface area contributed by atoms with Crippen molar-refractivity contribution in [2.45, 2.75) is 39.4 Å². The van der Waals surface area contributed by atoms with Gasteiger partial charge in [-0.2, -0.15) is 18.3 Å². The second-order valence-corrected chi connectivity index (χ2v) is 7.70. The van der Waals surface area contributed by atoms with E-state index in [-0.39, 0.29) is 34.1 Å². The van der Waals surface area contributed by atoms with Crippen molar-refractivity contribution in [1.82, 2.24) is 14.8 Å². The second-order valence-electron chi connectivity index (χ2n) is 6.71. The fraction of sp³-hybridized carbons (Fsp3) is 0.333. The second kappa shape index (κ2) is 8.21. The molecule has 3 aromatic heterocycles. The quantitative estimate of drug-likeness (QED) is 0.537. The van der Waals surface area contributed by atoms with Crippen LogP contribution in [0.25, 0.3) is 10.2 Å². The van der Waals surface area contributed by atoms with E-state index < -0.39 is 35.8 Å². The number of hydrogen-bond donors (Lipinski definition) is 2. The Bertz CT molecular complexity index is 1170. The normalized spacial score (nSPS) is 12.0. The topological polar surface area (TPSA) is 103 Å². The van der Waals surface area contributed by atoms with Crippen LogP contribution in [0.1, 0.15) is 45.2 Å². The van der Waals surface area contributed by atoms with Crippen molar-refractivity contribution in [3.63, 3.8) is 0 Å². The first-order valence-corrected chi connectivity index (χ1v) is 9.63. The summed E-state index contributed by atoms with van der Waals surface area (Å²) in [5.41, 5.74) is 4.43. The van der Waals surface area contributed by atoms with Gasteiger partial charge in [-0.3, -0.25) is 14.3 Å². The highest BCUT2D eigenvalue weighted by Gasteiger charge is 2.34. The predicted octanol–water partition coefficient (Wildman–Crippen LogP) is 4.19. The van der Waals surface area contributed by atoms with E-state index in [9.17, 15) is 31.5 Å². The molecule has 13 heteroatoms. The van der Waals surface area contributed by atoms with E-state index in [4.69, 9.17) is 5.73 Å². The number of anilines is 1. The average molecular weight is 461 g/mol. The highest BCUT2D eigenvalue weighted by Crippen LogP contribution is 2.38. The summed E-state index contributed by atoms with van der Waals surface area (Å²) in [6.45, 7) is 2.80. The number of aryl methyl sites for hydroxylation is 3. The number of aromatic nitrogens is 3. The summed E-state index contributed by atoms with van der Waals surface area (Å²) in [5.74, 6) is -1.50. The van der Waals surface area contributed by atoms with Gasteiger partial charge < -0.3 is 11.1 Å². The Balaban J connectivity index is 1.86. The van der Waals surface area contributed by atoms with Crippen LogP contribution < -0.4 is 11.1 Å². The zero-order valence-corrected chi connectivity index (χ0v) is 17.0. The van der Waals surface area contributed by atoms with Crippen LogP contribution in [0, 0.1) is 13.8 Å². The van der Waals surface area contributed by atoms with E-state index in [1.807, 2.05) is 0 Å². The molecule has 0 spiro atoms. The lowest BCUT2D eigenvalue weighted by atomic mass is 10.1. The minimum absolute atomic E-state index is 0.0384. The molecule has 3 aromatic rings. The lowest BCUT2D eigenvalue weighted by Gasteiger charge is -2.09. The Morgan fingerprint density at radius 1 is 1.26 bits per heavy atom. The highest BCUT2D eigenvalue weighted by molar-refractivity contribution is 7.21. The van der Waals surface area contributed by atoms with Gasteiger partial charge in [0.05, 0.1) is 5.69 Å². The van der Waals surface area contributed by atoms with Crippen molar-refractivity contribution in [2.75, 3.05) is 5.32 Å². The lowest BCUT2D eigenvalue weighted by molar-refractivity contribution is -0.141. The fourth-order valence-corrected chi connectivity index (χ4v) is 4.06. The molecule has 0 saturated carbocycles. The Hall–Kier alpha value is -3.09. The SMILES string of the molecule is Cc1cc(C(F)F)nc2sc(C(N)=O)c(NC(=O)CCn3nc(C(F)(F)F)cc3C)c12. The molecule has 0 aromatic carbocycles. The zero-order chi connectivity index (χ0) is 23.1. The number of amides is 2. The Morgan fingerprint density at radius 2 is 1.94 bits per heavy atom. The van der Waals surface area contributed by atoms with Gasteiger partial charge in [0.1, 0.15) is 15.4 Å². The van der Waals surface area contributed by atoms with Gasteiger partial charge in [0.2, 0.25) is 5.91 Å². The number of nitrogens with one attached hydrogen (secondary N) is 1. The van der Waals surface area contributed by atoms with Crippen molar-refractivity contribution < 1.29 is 31.5 Å². The summed E-state index contributed by atoms with van der Waals surface area (Å²) in [7, 11) is 0. The molecule has 0 fully saturated rings. The maximum Gasteiger partial charge on any atom is 0.435 e. The van der Waals surface area contributed by atoms with Crippen molar-refractivity contribution in [3.05, 3.63) is 39.7 Å². The molecule has 0 aliphatic carbocycles. The van der Waals surface area contributed by atoms with E-state index in [0.717, 1.165) is 28.2 Å². The van der Waals surface area contributed by atoms with Crippen LogP contribution in [0.2, 0.25) is 0 Å². The van der Waals surface area contributed by atoms with E-state index >= 15 is 0 Å². The standard InChI is InChI=1S/C18H16F5N5O2S/c1-7-5-9(15(19)20)25-17-12(7)13(14(31-17)16(24)30)26-11(29)3-4-28-8(2)6-10(27-28)18(21,22)23/h5-6,15H,3-4H2,1-2H3,(H2,24,30)(H,26,29). The molecule has 0 aliphatic rings. The number of hydrogen-bond acceptors (Lipinski definition) is 5. The molecule has 0 radical (unpaired) electrons. The van der Waals surface area contributed by atoms with Crippen LogP contribution in [0.5, 0.6) is 0 Å². The Labute approximate surface area is 176 Å². The van der Waals surface area contributed by atoms with Crippen LogP contribution >= 0.6 is 11.3 Å². The maximum atomic E-state index is 13.0. The van der Waals surface area contributed by atoms with Gasteiger partial charge in [-0.15, -0.1) is 11.3 Å². The molecule has 0 unspecified atom stereocenters. The van der Waals surface area contributed by atoms with Gasteiger partial charge >= 0.3 is 6.18 Å². The van der Waals surface area contributed by atoms with Crippen molar-refractivity contribution in [3.8, 4) is 0 Å². The largest absolute Gasteiger partial charge is 0.435 e. The highest BCUT2D eigenvalue weighted by atomic mass is 32.1. The van der Waals surface area contributed by atoms with Gasteiger partial charge in [0.25, 0.3) is 12.3 Å². The van der Waals surface area contributed by atoms with Crippen LogP contribution in [0.4, 0.5) is 27.6 Å². The smallest absolute Gasteiger partial charge is 0.365 e. The monoisotopic (exact) mass is 461 g/mol. The van der Waals surface area contributed by atoms with Crippen molar-refractivity contribution >= 4 is 39.1 Å². The minimum atomic E-state index is -4.61. The zero-order valence-electron chi connectivity index (χ0n) is 16.2. The van der Waals surface area contributed by atoms with E-state index in [1.165, 1.54) is 13.8 Å². The molecular formula is C18H16F5N5O2S. The van der Waals surface area contributed by atoms with Gasteiger partial charge in [-0.1, -0.05) is 0 Å². The molecule has 31 heavy (non-hydrogen) atoms. The lowest BCUT2D eigenvalue weighted by Crippen LogP contribution is -2.19. The summed E-state index contributed by atoms with van der Waals surface area (Å²) >= 11 is 0.766.